The zero-order valence-corrected chi connectivity index (χ0v) is 15.7. The molecule has 0 atom stereocenters. The molecule has 1 N–H and O–H groups in total. The van der Waals surface area contributed by atoms with Crippen molar-refractivity contribution >= 4 is 22.6 Å². The van der Waals surface area contributed by atoms with Crippen molar-refractivity contribution in [1.82, 2.24) is 0 Å². The van der Waals surface area contributed by atoms with Crippen LogP contribution in [0.25, 0.3) is 22.3 Å². The summed E-state index contributed by atoms with van der Waals surface area (Å²) in [7, 11) is 0. The Morgan fingerprint density at radius 3 is 2.16 bits per heavy atom. The summed E-state index contributed by atoms with van der Waals surface area (Å²) in [5, 5.41) is 9.22. The summed E-state index contributed by atoms with van der Waals surface area (Å²) in [6.45, 7) is 1.25. The van der Waals surface area contributed by atoms with Crippen molar-refractivity contribution in [3.8, 4) is 33.8 Å². The van der Waals surface area contributed by atoms with Gasteiger partial charge in [-0.2, -0.15) is 0 Å². The van der Waals surface area contributed by atoms with Crippen LogP contribution in [0.5, 0.6) is 11.5 Å². The molecule has 0 unspecified atom stereocenters. The number of benzene rings is 3. The quantitative estimate of drug-likeness (QED) is 0.585. The molecule has 4 rings (SSSR count). The number of rotatable bonds is 3. The lowest BCUT2D eigenvalue weighted by atomic mass is 9.98. The predicted octanol–water partition coefficient (Wildman–Crippen LogP) is 4.89. The highest BCUT2D eigenvalue weighted by molar-refractivity contribution is 14.1. The molecule has 1 heterocycles. The monoisotopic (exact) mass is 444 g/mol. The second kappa shape index (κ2) is 7.06. The molecule has 1 aliphatic rings. The van der Waals surface area contributed by atoms with Crippen LogP contribution >= 0.6 is 22.6 Å². The van der Waals surface area contributed by atoms with Crippen LogP contribution in [0.4, 0.5) is 0 Å². The maximum absolute atomic E-state index is 9.22. The first-order chi connectivity index (χ1) is 12.3. The van der Waals surface area contributed by atoms with Gasteiger partial charge in [0.05, 0.1) is 6.61 Å². The Hall–Kier alpha value is -2.05. The zero-order chi connectivity index (χ0) is 17.2. The second-order valence-electron chi connectivity index (χ2n) is 5.88. The minimum absolute atomic E-state index is 0.0641. The number of hydrogen-bond donors (Lipinski definition) is 1. The molecule has 0 radical (unpaired) electrons. The van der Waals surface area contributed by atoms with Gasteiger partial charge in [0.25, 0.3) is 0 Å². The lowest BCUT2D eigenvalue weighted by molar-refractivity contribution is 0.171. The molecule has 0 spiro atoms. The summed E-state index contributed by atoms with van der Waals surface area (Å²) in [6, 6.07) is 20.4. The first kappa shape index (κ1) is 16.4. The van der Waals surface area contributed by atoms with Crippen molar-refractivity contribution in [3.05, 3.63) is 69.8 Å². The maximum atomic E-state index is 9.22. The number of halogens is 1. The molecule has 0 aliphatic carbocycles. The molecule has 0 saturated carbocycles. The highest BCUT2D eigenvalue weighted by Crippen LogP contribution is 2.38. The van der Waals surface area contributed by atoms with Gasteiger partial charge in [-0.25, -0.2) is 0 Å². The van der Waals surface area contributed by atoms with Gasteiger partial charge in [-0.3, -0.25) is 0 Å². The van der Waals surface area contributed by atoms with E-state index in [0.717, 1.165) is 28.2 Å². The molecule has 0 aromatic heterocycles. The molecule has 1 aliphatic heterocycles. The normalized spacial score (nSPS) is 12.9. The Labute approximate surface area is 160 Å². The predicted molar refractivity (Wildman–Crippen MR) is 107 cm³/mol. The topological polar surface area (TPSA) is 38.7 Å². The standard InChI is InChI=1S/C21H17IO3/c22-21-17(15-6-4-14(13-23)5-7-15)2-1-3-18(21)16-8-9-19-20(12-16)25-11-10-24-19/h1-9,12,23H,10-11,13H2. The molecule has 4 heteroatoms. The Morgan fingerprint density at radius 1 is 0.800 bits per heavy atom. The average molecular weight is 444 g/mol. The summed E-state index contributed by atoms with van der Waals surface area (Å²) in [5.41, 5.74) is 5.52. The summed E-state index contributed by atoms with van der Waals surface area (Å²) < 4.78 is 12.5. The first-order valence-electron chi connectivity index (χ1n) is 8.15. The van der Waals surface area contributed by atoms with Gasteiger partial charge in [-0.1, -0.05) is 48.5 Å². The van der Waals surface area contributed by atoms with E-state index < -0.39 is 0 Å². The van der Waals surface area contributed by atoms with E-state index in [2.05, 4.69) is 59.0 Å². The van der Waals surface area contributed by atoms with Crippen LogP contribution in [0.1, 0.15) is 5.56 Å². The maximum Gasteiger partial charge on any atom is 0.161 e. The SMILES string of the molecule is OCc1ccc(-c2cccc(-c3ccc4c(c3)OCCO4)c2I)cc1. The number of aliphatic hydroxyl groups is 1. The first-order valence-corrected chi connectivity index (χ1v) is 9.23. The lowest BCUT2D eigenvalue weighted by Crippen LogP contribution is -2.15. The van der Waals surface area contributed by atoms with Crippen LogP contribution in [0.3, 0.4) is 0 Å². The van der Waals surface area contributed by atoms with Gasteiger partial charge in [0.2, 0.25) is 0 Å². The Kier molecular flexibility index (Phi) is 4.63. The lowest BCUT2D eigenvalue weighted by Gasteiger charge is -2.19. The summed E-state index contributed by atoms with van der Waals surface area (Å²) in [5.74, 6) is 1.61. The van der Waals surface area contributed by atoms with Gasteiger partial charge in [0.1, 0.15) is 13.2 Å². The molecule has 0 saturated heterocycles. The molecule has 25 heavy (non-hydrogen) atoms. The van der Waals surface area contributed by atoms with Crippen LogP contribution in [0, 0.1) is 3.57 Å². The van der Waals surface area contributed by atoms with Gasteiger partial charge in [0.15, 0.2) is 11.5 Å². The summed E-state index contributed by atoms with van der Waals surface area (Å²) in [6.07, 6.45) is 0. The van der Waals surface area contributed by atoms with E-state index >= 15 is 0 Å². The summed E-state index contributed by atoms with van der Waals surface area (Å²) >= 11 is 2.40. The van der Waals surface area contributed by atoms with Gasteiger partial charge >= 0.3 is 0 Å². The molecular weight excluding hydrogens is 427 g/mol. The van der Waals surface area contributed by atoms with Gasteiger partial charge in [-0.05, 0) is 62.5 Å². The molecule has 3 aromatic rings. The number of hydrogen-bond acceptors (Lipinski definition) is 3. The highest BCUT2D eigenvalue weighted by atomic mass is 127. The molecular formula is C21H17IO3. The van der Waals surface area contributed by atoms with Gasteiger partial charge < -0.3 is 14.6 Å². The fraction of sp³-hybridized carbons (Fsp3) is 0.143. The third-order valence-corrected chi connectivity index (χ3v) is 5.46. The van der Waals surface area contributed by atoms with Crippen molar-refractivity contribution in [1.29, 1.82) is 0 Å². The molecule has 3 nitrogen and oxygen atoms in total. The van der Waals surface area contributed by atoms with Crippen LogP contribution in [-0.2, 0) is 6.61 Å². The zero-order valence-electron chi connectivity index (χ0n) is 13.5. The van der Waals surface area contributed by atoms with Crippen molar-refractivity contribution < 1.29 is 14.6 Å². The minimum atomic E-state index is 0.0641. The largest absolute Gasteiger partial charge is 0.486 e. The molecule has 0 amide bonds. The Morgan fingerprint density at radius 2 is 1.44 bits per heavy atom. The van der Waals surface area contributed by atoms with E-state index in [1.165, 1.54) is 14.7 Å². The van der Waals surface area contributed by atoms with Crippen LogP contribution < -0.4 is 9.47 Å². The number of ether oxygens (including phenoxy) is 2. The van der Waals surface area contributed by atoms with E-state index in [9.17, 15) is 5.11 Å². The van der Waals surface area contributed by atoms with Crippen molar-refractivity contribution in [2.45, 2.75) is 6.61 Å². The van der Waals surface area contributed by atoms with E-state index in [0.29, 0.717) is 13.2 Å². The third-order valence-electron chi connectivity index (χ3n) is 4.30. The highest BCUT2D eigenvalue weighted by Gasteiger charge is 2.15. The Bertz CT molecular complexity index is 904. The smallest absolute Gasteiger partial charge is 0.161 e. The van der Waals surface area contributed by atoms with Gasteiger partial charge in [-0.15, -0.1) is 0 Å². The van der Waals surface area contributed by atoms with Gasteiger partial charge in [0, 0.05) is 3.57 Å². The molecule has 3 aromatic carbocycles. The number of fused-ring (bicyclic) bond motifs is 1. The van der Waals surface area contributed by atoms with E-state index in [1.807, 2.05) is 24.3 Å². The minimum Gasteiger partial charge on any atom is -0.486 e. The van der Waals surface area contributed by atoms with E-state index in [4.69, 9.17) is 9.47 Å². The molecule has 126 valence electrons. The fourth-order valence-electron chi connectivity index (χ4n) is 2.98. The average Bonchev–Trinajstić information content (AvgIpc) is 2.68. The fourth-order valence-corrected chi connectivity index (χ4v) is 3.96. The third kappa shape index (κ3) is 3.24. The summed E-state index contributed by atoms with van der Waals surface area (Å²) in [4.78, 5) is 0. The van der Waals surface area contributed by atoms with Crippen molar-refractivity contribution in [2.24, 2.45) is 0 Å². The van der Waals surface area contributed by atoms with Crippen LogP contribution in [-0.4, -0.2) is 18.3 Å². The Balaban J connectivity index is 1.76. The molecule has 0 fully saturated rings. The van der Waals surface area contributed by atoms with E-state index in [1.54, 1.807) is 0 Å². The second-order valence-corrected chi connectivity index (χ2v) is 6.96. The van der Waals surface area contributed by atoms with Crippen LogP contribution in [0.15, 0.2) is 60.7 Å². The van der Waals surface area contributed by atoms with Crippen molar-refractivity contribution in [2.75, 3.05) is 13.2 Å². The van der Waals surface area contributed by atoms with Crippen molar-refractivity contribution in [3.63, 3.8) is 0 Å². The molecule has 0 bridgehead atoms. The number of aliphatic hydroxyl groups excluding tert-OH is 1. The van der Waals surface area contributed by atoms with E-state index in [-0.39, 0.29) is 6.61 Å². The van der Waals surface area contributed by atoms with Crippen LogP contribution in [0.2, 0.25) is 0 Å².